The first-order valence-electron chi connectivity index (χ1n) is 6.29. The van der Waals surface area contributed by atoms with Gasteiger partial charge in [0, 0.05) is 5.56 Å². The number of halogens is 3. The Balaban J connectivity index is 0.000000219. The number of ether oxygens (including phenoxy) is 1. The van der Waals surface area contributed by atoms with Crippen molar-refractivity contribution in [2.45, 2.75) is 13.1 Å². The van der Waals surface area contributed by atoms with Crippen molar-refractivity contribution >= 4 is 5.78 Å². The Bertz CT molecular complexity index is 536. The molecular formula is C16H15F3O2. The highest BCUT2D eigenvalue weighted by atomic mass is 19.4. The van der Waals surface area contributed by atoms with Gasteiger partial charge in [0.15, 0.2) is 0 Å². The number of carbonyl (C=O) groups excluding carboxylic acids is 1. The van der Waals surface area contributed by atoms with Gasteiger partial charge in [0.2, 0.25) is 0 Å². The second-order valence-electron chi connectivity index (χ2n) is 3.94. The molecule has 0 aromatic heterocycles. The number of para-hydroxylation sites is 1. The zero-order valence-corrected chi connectivity index (χ0v) is 11.4. The molecule has 112 valence electrons. The van der Waals surface area contributed by atoms with Gasteiger partial charge in [-0.15, -0.1) is 0 Å². The van der Waals surface area contributed by atoms with Crippen LogP contribution in [0.25, 0.3) is 0 Å². The number of hydrogen-bond acceptors (Lipinski definition) is 2. The van der Waals surface area contributed by atoms with Gasteiger partial charge in [-0.1, -0.05) is 48.5 Å². The van der Waals surface area contributed by atoms with E-state index in [-0.39, 0.29) is 5.56 Å². The molecular weight excluding hydrogens is 281 g/mol. The number of alkyl halides is 3. The van der Waals surface area contributed by atoms with E-state index in [1.165, 1.54) is 12.1 Å². The molecule has 0 saturated carbocycles. The van der Waals surface area contributed by atoms with Crippen LogP contribution in [0.1, 0.15) is 17.3 Å². The molecule has 0 fully saturated rings. The van der Waals surface area contributed by atoms with Gasteiger partial charge in [-0.05, 0) is 19.1 Å². The van der Waals surface area contributed by atoms with Gasteiger partial charge in [0.05, 0.1) is 6.61 Å². The van der Waals surface area contributed by atoms with Crippen LogP contribution in [0, 0.1) is 0 Å². The van der Waals surface area contributed by atoms with Gasteiger partial charge in [0.1, 0.15) is 5.75 Å². The summed E-state index contributed by atoms with van der Waals surface area (Å²) in [5.74, 6) is -0.858. The van der Waals surface area contributed by atoms with E-state index in [9.17, 15) is 18.0 Å². The smallest absolute Gasteiger partial charge is 0.454 e. The highest BCUT2D eigenvalue weighted by molar-refractivity contribution is 6.00. The third-order valence-corrected chi connectivity index (χ3v) is 2.35. The van der Waals surface area contributed by atoms with E-state index in [1.807, 2.05) is 37.3 Å². The average Bonchev–Trinajstić information content (AvgIpc) is 2.48. The Labute approximate surface area is 121 Å². The third-order valence-electron chi connectivity index (χ3n) is 2.35. The third kappa shape index (κ3) is 6.12. The van der Waals surface area contributed by atoms with Crippen LogP contribution in [-0.4, -0.2) is 18.6 Å². The molecule has 0 N–H and O–H groups in total. The van der Waals surface area contributed by atoms with E-state index in [0.717, 1.165) is 24.5 Å². The highest BCUT2D eigenvalue weighted by Crippen LogP contribution is 2.20. The predicted molar refractivity (Wildman–Crippen MR) is 74.4 cm³/mol. The number of ketones is 1. The molecule has 2 aromatic rings. The summed E-state index contributed by atoms with van der Waals surface area (Å²) in [5, 5.41) is 0. The molecule has 0 bridgehead atoms. The van der Waals surface area contributed by atoms with Crippen LogP contribution >= 0.6 is 0 Å². The standard InChI is InChI=1S/C8H5F3O.C8H10O/c9-8(10,11)7(12)6-4-2-1-3-5-6;1-2-9-8-6-4-3-5-7-8/h1-5H;3-7H,2H2,1H3. The normalized spacial score (nSPS) is 10.3. The minimum absolute atomic E-state index is 0.329. The molecule has 0 aliphatic carbocycles. The molecule has 0 amide bonds. The number of rotatable bonds is 3. The lowest BCUT2D eigenvalue weighted by atomic mass is 10.1. The number of hydrogen-bond donors (Lipinski definition) is 0. The molecule has 0 aliphatic rings. The first-order chi connectivity index (χ1) is 9.95. The fourth-order valence-corrected chi connectivity index (χ4v) is 1.44. The Morgan fingerprint density at radius 3 is 1.86 bits per heavy atom. The summed E-state index contributed by atoms with van der Waals surface area (Å²) in [6.07, 6.45) is -4.78. The summed E-state index contributed by atoms with van der Waals surface area (Å²) in [7, 11) is 0. The Hall–Kier alpha value is -2.30. The van der Waals surface area contributed by atoms with Gasteiger partial charge in [0.25, 0.3) is 5.78 Å². The topological polar surface area (TPSA) is 26.3 Å². The van der Waals surface area contributed by atoms with Crippen LogP contribution in [0.15, 0.2) is 60.7 Å². The predicted octanol–water partition coefficient (Wildman–Crippen LogP) is 4.52. The van der Waals surface area contributed by atoms with Crippen molar-refractivity contribution in [3.63, 3.8) is 0 Å². The van der Waals surface area contributed by atoms with Crippen molar-refractivity contribution in [1.29, 1.82) is 0 Å². The molecule has 0 atom stereocenters. The maximum Gasteiger partial charge on any atom is 0.454 e. The van der Waals surface area contributed by atoms with Crippen LogP contribution in [0.5, 0.6) is 5.75 Å². The molecule has 21 heavy (non-hydrogen) atoms. The summed E-state index contributed by atoms with van der Waals surface area (Å²) in [5.41, 5.74) is -0.329. The van der Waals surface area contributed by atoms with E-state index in [2.05, 4.69) is 0 Å². The van der Waals surface area contributed by atoms with Crippen molar-refractivity contribution < 1.29 is 22.7 Å². The first-order valence-corrected chi connectivity index (χ1v) is 6.29. The van der Waals surface area contributed by atoms with Crippen molar-refractivity contribution in [3.8, 4) is 5.75 Å². The lowest BCUT2D eigenvalue weighted by Crippen LogP contribution is -2.22. The molecule has 0 unspecified atom stereocenters. The summed E-state index contributed by atoms with van der Waals surface area (Å²) in [4.78, 5) is 10.5. The lowest BCUT2D eigenvalue weighted by Gasteiger charge is -2.03. The van der Waals surface area contributed by atoms with Gasteiger partial charge in [-0.3, -0.25) is 4.79 Å². The monoisotopic (exact) mass is 296 g/mol. The summed E-state index contributed by atoms with van der Waals surface area (Å²) in [6, 6.07) is 16.4. The maximum atomic E-state index is 11.8. The molecule has 0 saturated heterocycles. The minimum Gasteiger partial charge on any atom is -0.494 e. The van der Waals surface area contributed by atoms with Crippen molar-refractivity contribution in [1.82, 2.24) is 0 Å². The molecule has 0 radical (unpaired) electrons. The Kier molecular flexibility index (Phi) is 6.46. The lowest BCUT2D eigenvalue weighted by molar-refractivity contribution is -0.0885. The van der Waals surface area contributed by atoms with Crippen molar-refractivity contribution in [2.75, 3.05) is 6.61 Å². The van der Waals surface area contributed by atoms with Crippen LogP contribution < -0.4 is 4.74 Å². The Morgan fingerprint density at radius 1 is 0.952 bits per heavy atom. The van der Waals surface area contributed by atoms with E-state index in [0.29, 0.717) is 0 Å². The SMILES string of the molecule is CCOc1ccccc1.O=C(c1ccccc1)C(F)(F)F. The van der Waals surface area contributed by atoms with E-state index >= 15 is 0 Å². The molecule has 5 heteroatoms. The van der Waals surface area contributed by atoms with Gasteiger partial charge >= 0.3 is 6.18 Å². The zero-order valence-electron chi connectivity index (χ0n) is 11.4. The largest absolute Gasteiger partial charge is 0.494 e. The second-order valence-corrected chi connectivity index (χ2v) is 3.94. The van der Waals surface area contributed by atoms with Gasteiger partial charge in [-0.25, -0.2) is 0 Å². The molecule has 0 heterocycles. The molecule has 0 aliphatic heterocycles. The minimum atomic E-state index is -4.78. The zero-order chi connectivity index (χ0) is 15.7. The van der Waals surface area contributed by atoms with Crippen molar-refractivity contribution in [3.05, 3.63) is 66.2 Å². The number of Topliss-reactive ketones (excluding diaryl/α,β-unsaturated/α-hetero) is 1. The van der Waals surface area contributed by atoms with Gasteiger partial charge < -0.3 is 4.74 Å². The van der Waals surface area contributed by atoms with E-state index in [4.69, 9.17) is 4.74 Å². The van der Waals surface area contributed by atoms with Crippen LogP contribution in [-0.2, 0) is 0 Å². The van der Waals surface area contributed by atoms with Crippen LogP contribution in [0.2, 0.25) is 0 Å². The first kappa shape index (κ1) is 16.8. The quantitative estimate of drug-likeness (QED) is 0.779. The summed E-state index contributed by atoms with van der Waals surface area (Å²) < 4.78 is 40.6. The highest BCUT2D eigenvalue weighted by Gasteiger charge is 2.38. The molecule has 2 nitrogen and oxygen atoms in total. The second kappa shape index (κ2) is 8.09. The number of benzene rings is 2. The summed E-state index contributed by atoms with van der Waals surface area (Å²) in [6.45, 7) is 2.72. The number of carbonyl (C=O) groups is 1. The van der Waals surface area contributed by atoms with Crippen molar-refractivity contribution in [2.24, 2.45) is 0 Å². The molecule has 2 aromatic carbocycles. The maximum absolute atomic E-state index is 11.8. The van der Waals surface area contributed by atoms with E-state index < -0.39 is 12.0 Å². The Morgan fingerprint density at radius 2 is 1.43 bits per heavy atom. The van der Waals surface area contributed by atoms with Crippen LogP contribution in [0.4, 0.5) is 13.2 Å². The van der Waals surface area contributed by atoms with E-state index in [1.54, 1.807) is 6.07 Å². The van der Waals surface area contributed by atoms with Crippen LogP contribution in [0.3, 0.4) is 0 Å². The molecule has 2 rings (SSSR count). The molecule has 0 spiro atoms. The fourth-order valence-electron chi connectivity index (χ4n) is 1.44. The summed E-state index contributed by atoms with van der Waals surface area (Å²) >= 11 is 0. The van der Waals surface area contributed by atoms with Gasteiger partial charge in [-0.2, -0.15) is 13.2 Å². The average molecular weight is 296 g/mol. The fraction of sp³-hybridized carbons (Fsp3) is 0.188.